The molecule has 2 aromatic heterocycles. The fourth-order valence-corrected chi connectivity index (χ4v) is 4.74. The maximum absolute atomic E-state index is 13.5. The predicted octanol–water partition coefficient (Wildman–Crippen LogP) is 3.82. The third kappa shape index (κ3) is 3.34. The molecule has 154 valence electrons. The summed E-state index contributed by atoms with van der Waals surface area (Å²) in [5.41, 5.74) is 2.40. The van der Waals surface area contributed by atoms with Gasteiger partial charge in [0.2, 0.25) is 5.88 Å². The number of aromatic nitrogens is 3. The van der Waals surface area contributed by atoms with Gasteiger partial charge in [-0.3, -0.25) is 4.79 Å². The van der Waals surface area contributed by atoms with Crippen molar-refractivity contribution in [3.05, 3.63) is 59.5 Å². The summed E-state index contributed by atoms with van der Waals surface area (Å²) in [7, 11) is 0. The summed E-state index contributed by atoms with van der Waals surface area (Å²) in [5.74, 6) is 1.92. The first kappa shape index (κ1) is 18.8. The molecule has 5 rings (SSSR count). The first-order chi connectivity index (χ1) is 14.6. The molecule has 3 unspecified atom stereocenters. The lowest BCUT2D eigenvalue weighted by Crippen LogP contribution is -2.37. The maximum Gasteiger partial charge on any atom is 0.258 e. The topological polar surface area (TPSA) is 81.4 Å². The monoisotopic (exact) mass is 404 g/mol. The minimum absolute atomic E-state index is 0.0323. The Morgan fingerprint density at radius 3 is 2.83 bits per heavy atom. The number of carbonyl (C=O) groups excluding carboxylic acids is 1. The number of nitrogens with zero attached hydrogens (tertiary/aromatic N) is 4. The number of aryl methyl sites for hydroxylation is 2. The molecule has 2 saturated heterocycles. The van der Waals surface area contributed by atoms with Crippen molar-refractivity contribution in [2.24, 2.45) is 5.92 Å². The highest BCUT2D eigenvalue weighted by atomic mass is 16.5. The van der Waals surface area contributed by atoms with Crippen molar-refractivity contribution >= 4 is 5.91 Å². The van der Waals surface area contributed by atoms with Crippen LogP contribution >= 0.6 is 0 Å². The van der Waals surface area contributed by atoms with Crippen LogP contribution in [0.2, 0.25) is 0 Å². The molecule has 4 heterocycles. The zero-order valence-corrected chi connectivity index (χ0v) is 17.1. The Bertz CT molecular complexity index is 1060. The highest BCUT2D eigenvalue weighted by Crippen LogP contribution is 2.43. The lowest BCUT2D eigenvalue weighted by molar-refractivity contribution is 0.0710. The van der Waals surface area contributed by atoms with Gasteiger partial charge in [-0.05, 0) is 50.8 Å². The van der Waals surface area contributed by atoms with Gasteiger partial charge in [0.25, 0.3) is 11.8 Å². The van der Waals surface area contributed by atoms with Gasteiger partial charge in [-0.2, -0.15) is 4.98 Å². The molecule has 7 heteroatoms. The number of benzene rings is 1. The van der Waals surface area contributed by atoms with E-state index < -0.39 is 0 Å². The number of rotatable bonds is 5. The fraction of sp³-hybridized carbons (Fsp3) is 0.391. The Balaban J connectivity index is 1.34. The molecular weight excluding hydrogens is 380 g/mol. The fourth-order valence-electron chi connectivity index (χ4n) is 4.74. The van der Waals surface area contributed by atoms with Gasteiger partial charge in [-0.15, -0.1) is 0 Å². The summed E-state index contributed by atoms with van der Waals surface area (Å²) in [4.78, 5) is 24.2. The first-order valence-corrected chi connectivity index (χ1v) is 10.4. The van der Waals surface area contributed by atoms with Crippen LogP contribution in [0.5, 0.6) is 5.88 Å². The van der Waals surface area contributed by atoms with Crippen LogP contribution in [-0.2, 0) is 0 Å². The van der Waals surface area contributed by atoms with Gasteiger partial charge in [-0.1, -0.05) is 23.4 Å². The summed E-state index contributed by atoms with van der Waals surface area (Å²) in [6.07, 6.45) is 4.82. The molecule has 0 radical (unpaired) electrons. The van der Waals surface area contributed by atoms with Crippen LogP contribution in [0.4, 0.5) is 0 Å². The molecule has 3 aromatic rings. The van der Waals surface area contributed by atoms with Crippen LogP contribution < -0.4 is 4.74 Å². The number of carbonyl (C=O) groups is 1. The molecular formula is C23H24N4O3. The molecule has 30 heavy (non-hydrogen) atoms. The Hall–Kier alpha value is -3.22. The van der Waals surface area contributed by atoms with E-state index >= 15 is 0 Å². The first-order valence-electron chi connectivity index (χ1n) is 10.4. The second-order valence-electron chi connectivity index (χ2n) is 8.18. The Kier molecular flexibility index (Phi) is 4.73. The largest absolute Gasteiger partial charge is 0.477 e. The van der Waals surface area contributed by atoms with E-state index in [2.05, 4.69) is 20.0 Å². The average Bonchev–Trinajstić information content (AvgIpc) is 3.47. The van der Waals surface area contributed by atoms with Gasteiger partial charge in [0.05, 0.1) is 17.7 Å². The average molecular weight is 404 g/mol. The van der Waals surface area contributed by atoms with E-state index in [1.807, 2.05) is 49.5 Å². The molecule has 0 saturated carbocycles. The van der Waals surface area contributed by atoms with E-state index in [0.717, 1.165) is 24.8 Å². The molecule has 0 spiro atoms. The standard InChI is InChI=1S/C23H24N4O3/c1-14-7-10-21(24-12-14)29-13-16-11-17-8-9-20(16)27(17)23(28)19-6-4-3-5-18(19)22-25-15(2)26-30-22/h3-7,10,12,16-17,20H,8-9,11,13H2,1-2H3. The van der Waals surface area contributed by atoms with Gasteiger partial charge in [-0.25, -0.2) is 4.98 Å². The van der Waals surface area contributed by atoms with Crippen LogP contribution in [0.1, 0.15) is 41.0 Å². The number of hydrogen-bond acceptors (Lipinski definition) is 6. The zero-order chi connectivity index (χ0) is 20.7. The number of pyridine rings is 1. The number of ether oxygens (including phenoxy) is 1. The van der Waals surface area contributed by atoms with Crippen LogP contribution in [0.3, 0.4) is 0 Å². The van der Waals surface area contributed by atoms with E-state index in [4.69, 9.17) is 9.26 Å². The zero-order valence-electron chi connectivity index (χ0n) is 17.1. The smallest absolute Gasteiger partial charge is 0.258 e. The van der Waals surface area contributed by atoms with Crippen LogP contribution in [0.25, 0.3) is 11.5 Å². The number of hydrogen-bond donors (Lipinski definition) is 0. The summed E-state index contributed by atoms with van der Waals surface area (Å²) >= 11 is 0. The summed E-state index contributed by atoms with van der Waals surface area (Å²) < 4.78 is 11.3. The number of fused-ring (bicyclic) bond motifs is 2. The van der Waals surface area contributed by atoms with Crippen molar-refractivity contribution in [2.75, 3.05) is 6.61 Å². The third-order valence-corrected chi connectivity index (χ3v) is 6.14. The second kappa shape index (κ2) is 7.55. The van der Waals surface area contributed by atoms with Gasteiger partial charge in [0.1, 0.15) is 0 Å². The summed E-state index contributed by atoms with van der Waals surface area (Å²) in [5, 5.41) is 3.87. The van der Waals surface area contributed by atoms with Gasteiger partial charge < -0.3 is 14.2 Å². The van der Waals surface area contributed by atoms with Crippen molar-refractivity contribution in [1.82, 2.24) is 20.0 Å². The SMILES string of the molecule is Cc1ccc(OCC2CC3CCC2N3C(=O)c2ccccc2-c2nc(C)no2)nc1. The highest BCUT2D eigenvalue weighted by Gasteiger charge is 2.49. The minimum atomic E-state index is 0.0323. The van der Waals surface area contributed by atoms with Crippen molar-refractivity contribution in [3.8, 4) is 17.3 Å². The lowest BCUT2D eigenvalue weighted by Gasteiger charge is -2.25. The quantitative estimate of drug-likeness (QED) is 0.643. The predicted molar refractivity (Wildman–Crippen MR) is 110 cm³/mol. The molecule has 3 atom stereocenters. The van der Waals surface area contributed by atoms with Crippen LogP contribution in [-0.4, -0.2) is 44.6 Å². The van der Waals surface area contributed by atoms with E-state index in [-0.39, 0.29) is 18.0 Å². The minimum Gasteiger partial charge on any atom is -0.477 e. The van der Waals surface area contributed by atoms with E-state index in [1.165, 1.54) is 0 Å². The summed E-state index contributed by atoms with van der Waals surface area (Å²) in [6.45, 7) is 4.35. The molecule has 7 nitrogen and oxygen atoms in total. The molecule has 0 N–H and O–H groups in total. The lowest BCUT2D eigenvalue weighted by atomic mass is 9.90. The summed E-state index contributed by atoms with van der Waals surface area (Å²) in [6, 6.07) is 11.8. The van der Waals surface area contributed by atoms with Crippen molar-refractivity contribution in [2.45, 2.75) is 45.2 Å². The molecule has 1 aromatic carbocycles. The maximum atomic E-state index is 13.5. The van der Waals surface area contributed by atoms with Crippen LogP contribution in [0, 0.1) is 19.8 Å². The van der Waals surface area contributed by atoms with Crippen LogP contribution in [0.15, 0.2) is 47.1 Å². The second-order valence-corrected chi connectivity index (χ2v) is 8.18. The van der Waals surface area contributed by atoms with Gasteiger partial charge in [0, 0.05) is 30.3 Å². The highest BCUT2D eigenvalue weighted by molar-refractivity contribution is 6.00. The van der Waals surface area contributed by atoms with Gasteiger partial charge >= 0.3 is 0 Å². The van der Waals surface area contributed by atoms with Crippen molar-refractivity contribution in [3.63, 3.8) is 0 Å². The van der Waals surface area contributed by atoms with E-state index in [9.17, 15) is 4.79 Å². The molecule has 0 aliphatic carbocycles. The third-order valence-electron chi connectivity index (χ3n) is 6.14. The Morgan fingerprint density at radius 1 is 1.20 bits per heavy atom. The van der Waals surface area contributed by atoms with E-state index in [1.54, 1.807) is 6.92 Å². The normalized spacial score (nSPS) is 22.5. The van der Waals surface area contributed by atoms with Gasteiger partial charge in [0.15, 0.2) is 5.82 Å². The Labute approximate surface area is 175 Å². The van der Waals surface area contributed by atoms with Crippen molar-refractivity contribution < 1.29 is 14.1 Å². The van der Waals surface area contributed by atoms with Crippen molar-refractivity contribution in [1.29, 1.82) is 0 Å². The Morgan fingerprint density at radius 2 is 2.07 bits per heavy atom. The van der Waals surface area contributed by atoms with E-state index in [0.29, 0.717) is 41.2 Å². The number of amides is 1. The molecule has 2 bridgehead atoms. The molecule has 2 aliphatic heterocycles. The molecule has 1 amide bonds. The molecule has 2 aliphatic rings. The molecule has 2 fully saturated rings.